The molecule has 0 saturated carbocycles. The lowest BCUT2D eigenvalue weighted by Gasteiger charge is -2.28. The molecule has 1 fully saturated rings. The molecule has 0 aliphatic carbocycles. The zero-order valence-corrected chi connectivity index (χ0v) is 11.0. The van der Waals surface area contributed by atoms with E-state index in [0.29, 0.717) is 0 Å². The van der Waals surface area contributed by atoms with Crippen molar-refractivity contribution in [1.29, 1.82) is 0 Å². The standard InChI is InChI=1S/C10H12Br2N2/c11-8-6-9(12)10(13-7-8)14-4-2-1-3-5-14/h6-7H,1-5H2. The van der Waals surface area contributed by atoms with Gasteiger partial charge < -0.3 is 4.90 Å². The van der Waals surface area contributed by atoms with Crippen molar-refractivity contribution in [3.05, 3.63) is 21.2 Å². The number of anilines is 1. The highest BCUT2D eigenvalue weighted by Crippen LogP contribution is 2.28. The minimum absolute atomic E-state index is 1.02. The van der Waals surface area contributed by atoms with Crippen molar-refractivity contribution >= 4 is 37.7 Å². The SMILES string of the molecule is Brc1cnc(N2CCCCC2)c(Br)c1. The summed E-state index contributed by atoms with van der Waals surface area (Å²) in [7, 11) is 0. The number of hydrogen-bond donors (Lipinski definition) is 0. The number of nitrogens with zero attached hydrogens (tertiary/aromatic N) is 2. The second-order valence-electron chi connectivity index (χ2n) is 3.51. The van der Waals surface area contributed by atoms with Crippen LogP contribution < -0.4 is 4.90 Å². The summed E-state index contributed by atoms with van der Waals surface area (Å²) < 4.78 is 2.10. The third kappa shape index (κ3) is 2.28. The molecule has 2 rings (SSSR count). The van der Waals surface area contributed by atoms with Crippen LogP contribution in [0.2, 0.25) is 0 Å². The molecule has 0 amide bonds. The number of piperidine rings is 1. The van der Waals surface area contributed by atoms with Crippen LogP contribution in [0, 0.1) is 0 Å². The maximum absolute atomic E-state index is 4.43. The van der Waals surface area contributed by atoms with E-state index in [1.54, 1.807) is 0 Å². The van der Waals surface area contributed by atoms with E-state index in [2.05, 4.69) is 47.8 Å². The topological polar surface area (TPSA) is 16.1 Å². The fourth-order valence-corrected chi connectivity index (χ4v) is 2.98. The molecule has 14 heavy (non-hydrogen) atoms. The van der Waals surface area contributed by atoms with Gasteiger partial charge in [-0.05, 0) is 57.2 Å². The fraction of sp³-hybridized carbons (Fsp3) is 0.500. The Hall–Kier alpha value is -0.0900. The van der Waals surface area contributed by atoms with Gasteiger partial charge in [0, 0.05) is 23.8 Å². The first-order valence-electron chi connectivity index (χ1n) is 4.83. The molecule has 1 saturated heterocycles. The lowest BCUT2D eigenvalue weighted by Crippen LogP contribution is -2.30. The Morgan fingerprint density at radius 3 is 2.50 bits per heavy atom. The summed E-state index contributed by atoms with van der Waals surface area (Å²) in [5.74, 6) is 1.08. The Morgan fingerprint density at radius 1 is 1.14 bits per heavy atom. The van der Waals surface area contributed by atoms with Crippen LogP contribution in [0.5, 0.6) is 0 Å². The molecule has 1 aliphatic rings. The number of halogens is 2. The van der Waals surface area contributed by atoms with E-state index in [-0.39, 0.29) is 0 Å². The minimum Gasteiger partial charge on any atom is -0.356 e. The summed E-state index contributed by atoms with van der Waals surface area (Å²) in [6, 6.07) is 2.05. The van der Waals surface area contributed by atoms with Crippen molar-refractivity contribution in [1.82, 2.24) is 4.98 Å². The van der Waals surface area contributed by atoms with Crippen molar-refractivity contribution in [3.63, 3.8) is 0 Å². The molecule has 1 aromatic heterocycles. The summed E-state index contributed by atoms with van der Waals surface area (Å²) in [5, 5.41) is 0. The van der Waals surface area contributed by atoms with Gasteiger partial charge >= 0.3 is 0 Å². The van der Waals surface area contributed by atoms with Crippen LogP contribution in [-0.4, -0.2) is 18.1 Å². The monoisotopic (exact) mass is 318 g/mol. The predicted molar refractivity (Wildman–Crippen MR) is 65.7 cm³/mol. The third-order valence-electron chi connectivity index (χ3n) is 2.44. The summed E-state index contributed by atoms with van der Waals surface area (Å²) in [6.45, 7) is 2.26. The van der Waals surface area contributed by atoms with Crippen LogP contribution in [0.3, 0.4) is 0 Å². The Morgan fingerprint density at radius 2 is 1.86 bits per heavy atom. The molecular weight excluding hydrogens is 308 g/mol. The van der Waals surface area contributed by atoms with Gasteiger partial charge in [0.05, 0.1) is 4.47 Å². The molecule has 2 nitrogen and oxygen atoms in total. The average molecular weight is 320 g/mol. The van der Waals surface area contributed by atoms with E-state index >= 15 is 0 Å². The second kappa shape index (κ2) is 4.62. The van der Waals surface area contributed by atoms with Crippen molar-refractivity contribution < 1.29 is 0 Å². The second-order valence-corrected chi connectivity index (χ2v) is 5.28. The summed E-state index contributed by atoms with van der Waals surface area (Å²) in [4.78, 5) is 6.78. The molecule has 0 atom stereocenters. The van der Waals surface area contributed by atoms with Crippen molar-refractivity contribution in [3.8, 4) is 0 Å². The molecule has 2 heterocycles. The number of hydrogen-bond acceptors (Lipinski definition) is 2. The summed E-state index contributed by atoms with van der Waals surface area (Å²) >= 11 is 6.96. The van der Waals surface area contributed by atoms with Crippen molar-refractivity contribution in [2.75, 3.05) is 18.0 Å². The molecule has 1 aliphatic heterocycles. The average Bonchev–Trinajstić information content (AvgIpc) is 2.19. The van der Waals surface area contributed by atoms with Gasteiger partial charge in [0.15, 0.2) is 0 Å². The number of pyridine rings is 1. The van der Waals surface area contributed by atoms with Crippen LogP contribution in [0.15, 0.2) is 21.2 Å². The van der Waals surface area contributed by atoms with Gasteiger partial charge in [-0.15, -0.1) is 0 Å². The van der Waals surface area contributed by atoms with E-state index in [9.17, 15) is 0 Å². The third-order valence-corrected chi connectivity index (χ3v) is 3.46. The minimum atomic E-state index is 1.02. The molecule has 0 spiro atoms. The highest BCUT2D eigenvalue weighted by Gasteiger charge is 2.14. The number of aromatic nitrogens is 1. The number of rotatable bonds is 1. The molecule has 76 valence electrons. The maximum Gasteiger partial charge on any atom is 0.142 e. The van der Waals surface area contributed by atoms with Gasteiger partial charge in [-0.25, -0.2) is 4.98 Å². The van der Waals surface area contributed by atoms with Crippen molar-refractivity contribution in [2.45, 2.75) is 19.3 Å². The van der Waals surface area contributed by atoms with E-state index in [0.717, 1.165) is 27.9 Å². The van der Waals surface area contributed by atoms with Crippen molar-refractivity contribution in [2.24, 2.45) is 0 Å². The van der Waals surface area contributed by atoms with E-state index in [1.807, 2.05) is 6.20 Å². The zero-order valence-electron chi connectivity index (χ0n) is 7.84. The summed E-state index contributed by atoms with van der Waals surface area (Å²) in [6.07, 6.45) is 5.77. The van der Waals surface area contributed by atoms with Crippen LogP contribution >= 0.6 is 31.9 Å². The van der Waals surface area contributed by atoms with Gasteiger partial charge in [0.1, 0.15) is 5.82 Å². The Bertz CT molecular complexity index is 322. The van der Waals surface area contributed by atoms with Crippen LogP contribution in [-0.2, 0) is 0 Å². The quantitative estimate of drug-likeness (QED) is 0.786. The van der Waals surface area contributed by atoms with Crippen LogP contribution in [0.1, 0.15) is 19.3 Å². The smallest absolute Gasteiger partial charge is 0.142 e. The van der Waals surface area contributed by atoms with Gasteiger partial charge in [-0.1, -0.05) is 0 Å². The Balaban J connectivity index is 2.22. The van der Waals surface area contributed by atoms with Gasteiger partial charge in [0.2, 0.25) is 0 Å². The first-order valence-corrected chi connectivity index (χ1v) is 6.42. The highest BCUT2D eigenvalue weighted by atomic mass is 79.9. The lowest BCUT2D eigenvalue weighted by molar-refractivity contribution is 0.572. The molecule has 0 unspecified atom stereocenters. The first-order chi connectivity index (χ1) is 6.77. The molecule has 4 heteroatoms. The lowest BCUT2D eigenvalue weighted by atomic mass is 10.1. The first kappa shape index (κ1) is 10.4. The Kier molecular flexibility index (Phi) is 3.44. The van der Waals surface area contributed by atoms with Crippen LogP contribution in [0.25, 0.3) is 0 Å². The predicted octanol–water partition coefficient (Wildman–Crippen LogP) is 3.60. The molecular formula is C10H12Br2N2. The highest BCUT2D eigenvalue weighted by molar-refractivity contribution is 9.11. The van der Waals surface area contributed by atoms with E-state index < -0.39 is 0 Å². The maximum atomic E-state index is 4.43. The zero-order chi connectivity index (χ0) is 9.97. The molecule has 0 N–H and O–H groups in total. The largest absolute Gasteiger partial charge is 0.356 e. The fourth-order valence-electron chi connectivity index (χ4n) is 1.75. The van der Waals surface area contributed by atoms with E-state index in [4.69, 9.17) is 0 Å². The molecule has 0 radical (unpaired) electrons. The van der Waals surface area contributed by atoms with Gasteiger partial charge in [-0.2, -0.15) is 0 Å². The summed E-state index contributed by atoms with van der Waals surface area (Å²) in [5.41, 5.74) is 0. The molecule has 0 aromatic carbocycles. The van der Waals surface area contributed by atoms with Gasteiger partial charge in [0.25, 0.3) is 0 Å². The Labute approximate surface area is 101 Å². The molecule has 0 bridgehead atoms. The van der Waals surface area contributed by atoms with E-state index in [1.165, 1.54) is 19.3 Å². The van der Waals surface area contributed by atoms with Crippen LogP contribution in [0.4, 0.5) is 5.82 Å². The normalized spacial score (nSPS) is 17.1. The van der Waals surface area contributed by atoms with Gasteiger partial charge in [-0.3, -0.25) is 0 Å². The molecule has 1 aromatic rings.